The summed E-state index contributed by atoms with van der Waals surface area (Å²) in [6.07, 6.45) is 0. The van der Waals surface area contributed by atoms with E-state index >= 15 is 0 Å². The van der Waals surface area contributed by atoms with Crippen LogP contribution < -0.4 is 0 Å². The van der Waals surface area contributed by atoms with Crippen molar-refractivity contribution in [2.45, 2.75) is 4.71 Å². The van der Waals surface area contributed by atoms with Crippen LogP contribution in [0.1, 0.15) is 0 Å². The third-order valence-electron chi connectivity index (χ3n) is 0.340. The monoisotopic (exact) mass is 146 g/mol. The molecule has 2 unspecified atom stereocenters. The molecule has 7 heavy (non-hydrogen) atoms. The average molecular weight is 147 g/mol. The second kappa shape index (κ2) is 3.35. The maximum Gasteiger partial charge on any atom is 0.174 e. The Hall–Kier alpha value is 0.330. The Balaban J connectivity index is 3.34. The van der Waals surface area contributed by atoms with E-state index < -0.39 is 22.5 Å². The molecular weight excluding hydrogens is 143 g/mol. The van der Waals surface area contributed by atoms with Gasteiger partial charge in [-0.25, -0.2) is 8.60 Å². The van der Waals surface area contributed by atoms with Gasteiger partial charge >= 0.3 is 0 Å². The van der Waals surface area contributed by atoms with Gasteiger partial charge in [0.25, 0.3) is 0 Å². The molecule has 0 fully saturated rings. The Morgan fingerprint density at radius 2 is 2.43 bits per heavy atom. The Labute approximate surface area is 48.0 Å². The lowest BCUT2D eigenvalue weighted by Gasteiger charge is -1.92. The fourth-order valence-corrected chi connectivity index (χ4v) is 0.162. The minimum absolute atomic E-state index is 0.968. The van der Waals surface area contributed by atoms with Gasteiger partial charge in [-0.3, -0.25) is 0 Å². The summed E-state index contributed by atoms with van der Waals surface area (Å²) in [5.41, 5.74) is 0. The molecule has 0 radical (unpaired) electrons. The molecule has 0 saturated heterocycles. The minimum atomic E-state index is -2.22. The third-order valence-corrected chi connectivity index (χ3v) is 1.48. The first kappa shape index (κ1) is 7.33. The molecule has 0 spiro atoms. The highest BCUT2D eigenvalue weighted by atomic mass is 35.5. The van der Waals surface area contributed by atoms with Gasteiger partial charge in [0.15, 0.2) is 15.8 Å². The van der Waals surface area contributed by atoms with Gasteiger partial charge in [0, 0.05) is 0 Å². The Kier molecular flexibility index (Phi) is 3.50. The molecule has 0 saturated carbocycles. The summed E-state index contributed by atoms with van der Waals surface area (Å²) in [6.45, 7) is -0.968. The topological polar surface area (TPSA) is 37.3 Å². The van der Waals surface area contributed by atoms with E-state index in [1.165, 1.54) is 0 Å². The normalized spacial score (nSPS) is 18.7. The van der Waals surface area contributed by atoms with Crippen LogP contribution in [0.3, 0.4) is 0 Å². The lowest BCUT2D eigenvalue weighted by Crippen LogP contribution is -2.07. The molecule has 0 aromatic rings. The summed E-state index contributed by atoms with van der Waals surface area (Å²) < 4.78 is 27.5. The summed E-state index contributed by atoms with van der Waals surface area (Å²) in [7, 11) is 0. The molecular formula is C2H4ClFO2S. The maximum atomic E-state index is 11.2. The molecule has 0 aromatic carbocycles. The van der Waals surface area contributed by atoms with Crippen LogP contribution in [0.15, 0.2) is 0 Å². The van der Waals surface area contributed by atoms with E-state index in [1.54, 1.807) is 0 Å². The van der Waals surface area contributed by atoms with E-state index in [-0.39, 0.29) is 0 Å². The zero-order valence-electron chi connectivity index (χ0n) is 3.30. The van der Waals surface area contributed by atoms with Gasteiger partial charge in [-0.05, 0) is 0 Å². The van der Waals surface area contributed by atoms with Gasteiger partial charge in [-0.2, -0.15) is 0 Å². The van der Waals surface area contributed by atoms with Gasteiger partial charge in [-0.1, -0.05) is 0 Å². The summed E-state index contributed by atoms with van der Waals surface area (Å²) >= 11 is 2.66. The molecule has 0 aliphatic heterocycles. The van der Waals surface area contributed by atoms with Crippen LogP contribution in [0.5, 0.6) is 0 Å². The van der Waals surface area contributed by atoms with Crippen molar-refractivity contribution in [1.82, 2.24) is 0 Å². The lowest BCUT2D eigenvalue weighted by molar-refractivity contribution is 0.494. The molecule has 0 heterocycles. The SMILES string of the molecule is O=S(O)C(Cl)CF. The molecule has 2 nitrogen and oxygen atoms in total. The van der Waals surface area contributed by atoms with Crippen molar-refractivity contribution in [2.24, 2.45) is 0 Å². The fraction of sp³-hybridized carbons (Fsp3) is 1.00. The molecule has 2 atom stereocenters. The van der Waals surface area contributed by atoms with Gasteiger partial charge in [-0.15, -0.1) is 11.6 Å². The molecule has 44 valence electrons. The van der Waals surface area contributed by atoms with Gasteiger partial charge < -0.3 is 4.55 Å². The quantitative estimate of drug-likeness (QED) is 0.461. The Bertz CT molecular complexity index is 78.1. The van der Waals surface area contributed by atoms with E-state index in [0.717, 1.165) is 0 Å². The lowest BCUT2D eigenvalue weighted by atomic mass is 10.9. The molecule has 0 rings (SSSR count). The highest BCUT2D eigenvalue weighted by Gasteiger charge is 2.08. The number of alkyl halides is 2. The summed E-state index contributed by atoms with van der Waals surface area (Å²) in [4.78, 5) is 0. The highest BCUT2D eigenvalue weighted by molar-refractivity contribution is 7.81. The first-order chi connectivity index (χ1) is 3.18. The van der Waals surface area contributed by atoms with Crippen molar-refractivity contribution >= 4 is 22.7 Å². The third kappa shape index (κ3) is 2.96. The van der Waals surface area contributed by atoms with Crippen molar-refractivity contribution in [3.63, 3.8) is 0 Å². The predicted molar refractivity (Wildman–Crippen MR) is 26.4 cm³/mol. The number of rotatable bonds is 2. The van der Waals surface area contributed by atoms with Crippen LogP contribution in [-0.4, -0.2) is 20.1 Å². The van der Waals surface area contributed by atoms with E-state index in [4.69, 9.17) is 16.2 Å². The van der Waals surface area contributed by atoms with Crippen molar-refractivity contribution in [3.05, 3.63) is 0 Å². The van der Waals surface area contributed by atoms with Gasteiger partial charge in [0.1, 0.15) is 6.67 Å². The first-order valence-electron chi connectivity index (χ1n) is 1.48. The van der Waals surface area contributed by atoms with E-state index in [9.17, 15) is 8.60 Å². The van der Waals surface area contributed by atoms with Crippen molar-refractivity contribution in [2.75, 3.05) is 6.67 Å². The molecule has 5 heteroatoms. The van der Waals surface area contributed by atoms with E-state index in [1.807, 2.05) is 0 Å². The Morgan fingerprint density at radius 3 is 2.43 bits per heavy atom. The maximum absolute atomic E-state index is 11.2. The van der Waals surface area contributed by atoms with Crippen LogP contribution in [0.4, 0.5) is 4.39 Å². The summed E-state index contributed by atoms with van der Waals surface area (Å²) in [5, 5.41) is 0. The minimum Gasteiger partial charge on any atom is -0.305 e. The average Bonchev–Trinajstić information content (AvgIpc) is 1.65. The molecule has 0 amide bonds. The van der Waals surface area contributed by atoms with Crippen LogP contribution in [0.25, 0.3) is 0 Å². The fourth-order valence-electron chi connectivity index (χ4n) is 0.0539. The van der Waals surface area contributed by atoms with E-state index in [0.29, 0.717) is 0 Å². The largest absolute Gasteiger partial charge is 0.305 e. The van der Waals surface area contributed by atoms with Crippen LogP contribution in [0, 0.1) is 0 Å². The predicted octanol–water partition coefficient (Wildman–Crippen LogP) is 0.742. The number of hydrogen-bond acceptors (Lipinski definition) is 1. The van der Waals surface area contributed by atoms with Crippen molar-refractivity contribution in [3.8, 4) is 0 Å². The zero-order valence-corrected chi connectivity index (χ0v) is 4.88. The summed E-state index contributed by atoms with van der Waals surface area (Å²) in [6, 6.07) is 0. The standard InChI is InChI=1S/C2H4ClFO2S/c3-2(1-4)7(5)6/h2H,1H2,(H,5,6). The highest BCUT2D eigenvalue weighted by Crippen LogP contribution is 1.98. The van der Waals surface area contributed by atoms with Crippen molar-refractivity contribution < 1.29 is 13.2 Å². The number of hydrogen-bond donors (Lipinski definition) is 1. The van der Waals surface area contributed by atoms with Gasteiger partial charge in [0.05, 0.1) is 0 Å². The van der Waals surface area contributed by atoms with E-state index in [2.05, 4.69) is 0 Å². The first-order valence-corrected chi connectivity index (χ1v) is 3.08. The van der Waals surface area contributed by atoms with Crippen molar-refractivity contribution in [1.29, 1.82) is 0 Å². The number of halogens is 2. The molecule has 1 N–H and O–H groups in total. The molecule has 0 aromatic heterocycles. The van der Waals surface area contributed by atoms with Crippen LogP contribution in [-0.2, 0) is 11.1 Å². The van der Waals surface area contributed by atoms with Crippen LogP contribution in [0.2, 0.25) is 0 Å². The Morgan fingerprint density at radius 1 is 2.00 bits per heavy atom. The smallest absolute Gasteiger partial charge is 0.174 e. The molecule has 0 bridgehead atoms. The second-order valence-corrected chi connectivity index (χ2v) is 2.75. The van der Waals surface area contributed by atoms with Gasteiger partial charge in [0.2, 0.25) is 0 Å². The molecule has 0 aliphatic carbocycles. The molecule has 0 aliphatic rings. The second-order valence-electron chi connectivity index (χ2n) is 0.841. The summed E-state index contributed by atoms with van der Waals surface area (Å²) in [5.74, 6) is 0. The zero-order chi connectivity index (χ0) is 5.86. The van der Waals surface area contributed by atoms with Crippen LogP contribution >= 0.6 is 11.6 Å².